The van der Waals surface area contributed by atoms with Gasteiger partial charge in [-0.3, -0.25) is 4.79 Å². The van der Waals surface area contributed by atoms with Gasteiger partial charge in [0.2, 0.25) is 0 Å². The van der Waals surface area contributed by atoms with Gasteiger partial charge < -0.3 is 19.1 Å². The summed E-state index contributed by atoms with van der Waals surface area (Å²) >= 11 is 6.34. The molecule has 24 heavy (non-hydrogen) atoms. The molecule has 3 aliphatic rings. The number of nitrogens with zero attached hydrogens (tertiary/aromatic N) is 1. The standard InChI is InChI=1S/C18H22ClNO4/c19-13-10-12(11-16-17(13)24-8-3-7-22-16)18(21)20-6-9-23-15-5-2-1-4-14(15)20/h10-11,14-15H,1-9H2/t14-,15-/m0/s1. The summed E-state index contributed by atoms with van der Waals surface area (Å²) in [6, 6.07) is 3.64. The quantitative estimate of drug-likeness (QED) is 0.779. The lowest BCUT2D eigenvalue weighted by Gasteiger charge is -2.43. The molecule has 0 aromatic heterocycles. The maximum Gasteiger partial charge on any atom is 0.254 e. The Morgan fingerprint density at radius 2 is 1.92 bits per heavy atom. The van der Waals surface area contributed by atoms with Crippen LogP contribution in [0.3, 0.4) is 0 Å². The molecule has 4 rings (SSSR count). The highest BCUT2D eigenvalue weighted by molar-refractivity contribution is 6.32. The van der Waals surface area contributed by atoms with E-state index in [-0.39, 0.29) is 18.1 Å². The first-order chi connectivity index (χ1) is 11.7. The molecule has 0 spiro atoms. The summed E-state index contributed by atoms with van der Waals surface area (Å²) in [4.78, 5) is 15.1. The van der Waals surface area contributed by atoms with E-state index in [1.165, 1.54) is 6.42 Å². The van der Waals surface area contributed by atoms with Gasteiger partial charge >= 0.3 is 0 Å². The Hall–Kier alpha value is -1.46. The number of amides is 1. The van der Waals surface area contributed by atoms with Crippen LogP contribution in [0.5, 0.6) is 11.5 Å². The number of ether oxygens (including phenoxy) is 3. The SMILES string of the molecule is O=C(c1cc(Cl)c2c(c1)OCCCO2)N1CCO[C@H]2CCCC[C@@H]21. The van der Waals surface area contributed by atoms with E-state index < -0.39 is 0 Å². The van der Waals surface area contributed by atoms with Crippen molar-refractivity contribution in [3.63, 3.8) is 0 Å². The second kappa shape index (κ2) is 6.81. The maximum absolute atomic E-state index is 13.1. The van der Waals surface area contributed by atoms with Gasteiger partial charge in [-0.05, 0) is 25.0 Å². The van der Waals surface area contributed by atoms with Crippen LogP contribution in [0.1, 0.15) is 42.5 Å². The summed E-state index contributed by atoms with van der Waals surface area (Å²) in [5.41, 5.74) is 0.565. The highest BCUT2D eigenvalue weighted by atomic mass is 35.5. The first-order valence-corrected chi connectivity index (χ1v) is 9.13. The summed E-state index contributed by atoms with van der Waals surface area (Å²) in [6.07, 6.45) is 5.36. The van der Waals surface area contributed by atoms with Gasteiger partial charge in [0.05, 0.1) is 37.0 Å². The molecule has 0 unspecified atom stereocenters. The van der Waals surface area contributed by atoms with E-state index in [2.05, 4.69) is 0 Å². The number of benzene rings is 1. The predicted octanol–water partition coefficient (Wildman–Crippen LogP) is 3.28. The van der Waals surface area contributed by atoms with Gasteiger partial charge in [-0.25, -0.2) is 0 Å². The number of halogens is 1. The third-order valence-electron chi connectivity index (χ3n) is 5.04. The zero-order valence-electron chi connectivity index (χ0n) is 13.6. The number of morpholine rings is 1. The van der Waals surface area contributed by atoms with E-state index >= 15 is 0 Å². The van der Waals surface area contributed by atoms with Crippen LogP contribution >= 0.6 is 11.6 Å². The summed E-state index contributed by atoms with van der Waals surface area (Å²) in [6.45, 7) is 2.38. The molecule has 2 fully saturated rings. The molecule has 0 N–H and O–H groups in total. The van der Waals surface area contributed by atoms with Crippen LogP contribution in [-0.2, 0) is 4.74 Å². The molecule has 2 heterocycles. The van der Waals surface area contributed by atoms with Crippen LogP contribution in [0, 0.1) is 0 Å². The van der Waals surface area contributed by atoms with Crippen molar-refractivity contribution in [1.29, 1.82) is 0 Å². The lowest BCUT2D eigenvalue weighted by Crippen LogP contribution is -2.54. The molecule has 1 aromatic carbocycles. The Labute approximate surface area is 146 Å². The molecule has 5 nitrogen and oxygen atoms in total. The molecule has 0 radical (unpaired) electrons. The third kappa shape index (κ3) is 2.95. The number of carbonyl (C=O) groups is 1. The highest BCUT2D eigenvalue weighted by Gasteiger charge is 2.37. The average molecular weight is 352 g/mol. The Balaban J connectivity index is 1.62. The van der Waals surface area contributed by atoms with Crippen LogP contribution in [0.4, 0.5) is 0 Å². The fraction of sp³-hybridized carbons (Fsp3) is 0.611. The van der Waals surface area contributed by atoms with Crippen molar-refractivity contribution in [3.8, 4) is 11.5 Å². The summed E-state index contributed by atoms with van der Waals surface area (Å²) in [7, 11) is 0. The maximum atomic E-state index is 13.1. The number of hydrogen-bond donors (Lipinski definition) is 0. The lowest BCUT2D eigenvalue weighted by molar-refractivity contribution is -0.0752. The Morgan fingerprint density at radius 3 is 2.83 bits per heavy atom. The fourth-order valence-electron chi connectivity index (χ4n) is 3.87. The number of hydrogen-bond acceptors (Lipinski definition) is 4. The minimum atomic E-state index is 0.00717. The van der Waals surface area contributed by atoms with Crippen LogP contribution in [-0.4, -0.2) is 49.3 Å². The molecule has 130 valence electrons. The molecule has 2 atom stereocenters. The minimum Gasteiger partial charge on any atom is -0.489 e. The Kier molecular flexibility index (Phi) is 4.55. The van der Waals surface area contributed by atoms with Crippen LogP contribution in [0.25, 0.3) is 0 Å². The number of carbonyl (C=O) groups excluding carboxylic acids is 1. The molecule has 1 saturated heterocycles. The average Bonchev–Trinajstić information content (AvgIpc) is 2.86. The van der Waals surface area contributed by atoms with Crippen molar-refractivity contribution in [2.24, 2.45) is 0 Å². The zero-order valence-corrected chi connectivity index (χ0v) is 14.4. The molecule has 1 amide bonds. The molecule has 6 heteroatoms. The second-order valence-electron chi connectivity index (χ2n) is 6.60. The van der Waals surface area contributed by atoms with Gasteiger partial charge in [0.1, 0.15) is 0 Å². The van der Waals surface area contributed by atoms with E-state index in [4.69, 9.17) is 25.8 Å². The van der Waals surface area contributed by atoms with Gasteiger partial charge in [-0.1, -0.05) is 24.4 Å². The van der Waals surface area contributed by atoms with Crippen molar-refractivity contribution in [2.75, 3.05) is 26.4 Å². The molecule has 1 saturated carbocycles. The first kappa shape index (κ1) is 16.0. The molecule has 0 bridgehead atoms. The van der Waals surface area contributed by atoms with Gasteiger partial charge in [0.25, 0.3) is 5.91 Å². The Bertz CT molecular complexity index is 634. The zero-order chi connectivity index (χ0) is 16.5. The summed E-state index contributed by atoms with van der Waals surface area (Å²) in [5, 5.41) is 0.436. The van der Waals surface area contributed by atoms with E-state index in [1.54, 1.807) is 12.1 Å². The van der Waals surface area contributed by atoms with Gasteiger partial charge in [0.15, 0.2) is 11.5 Å². The molecular formula is C18H22ClNO4. The van der Waals surface area contributed by atoms with Gasteiger partial charge in [0, 0.05) is 18.5 Å². The van der Waals surface area contributed by atoms with E-state index in [9.17, 15) is 4.79 Å². The van der Waals surface area contributed by atoms with Crippen molar-refractivity contribution < 1.29 is 19.0 Å². The smallest absolute Gasteiger partial charge is 0.254 e. The summed E-state index contributed by atoms with van der Waals surface area (Å²) < 4.78 is 17.2. The summed E-state index contributed by atoms with van der Waals surface area (Å²) in [5.74, 6) is 1.12. The number of fused-ring (bicyclic) bond motifs is 2. The topological polar surface area (TPSA) is 48.0 Å². The van der Waals surface area contributed by atoms with Crippen LogP contribution in [0.15, 0.2) is 12.1 Å². The molecule has 1 aromatic rings. The van der Waals surface area contributed by atoms with Gasteiger partial charge in [-0.15, -0.1) is 0 Å². The third-order valence-corrected chi connectivity index (χ3v) is 5.32. The van der Waals surface area contributed by atoms with Crippen molar-refractivity contribution in [1.82, 2.24) is 4.90 Å². The van der Waals surface area contributed by atoms with Crippen molar-refractivity contribution in [3.05, 3.63) is 22.7 Å². The lowest BCUT2D eigenvalue weighted by atomic mass is 9.89. The van der Waals surface area contributed by atoms with E-state index in [1.807, 2.05) is 4.90 Å². The second-order valence-corrected chi connectivity index (χ2v) is 7.00. The van der Waals surface area contributed by atoms with E-state index in [0.717, 1.165) is 25.7 Å². The van der Waals surface area contributed by atoms with Crippen LogP contribution < -0.4 is 9.47 Å². The van der Waals surface area contributed by atoms with Crippen molar-refractivity contribution >= 4 is 17.5 Å². The predicted molar refractivity (Wildman–Crippen MR) is 90.1 cm³/mol. The number of rotatable bonds is 1. The van der Waals surface area contributed by atoms with E-state index in [0.29, 0.717) is 48.5 Å². The normalized spacial score (nSPS) is 26.5. The fourth-order valence-corrected chi connectivity index (χ4v) is 4.13. The molecule has 1 aliphatic carbocycles. The Morgan fingerprint density at radius 1 is 1.08 bits per heavy atom. The minimum absolute atomic E-state index is 0.00717. The van der Waals surface area contributed by atoms with Crippen LogP contribution in [0.2, 0.25) is 5.02 Å². The monoisotopic (exact) mass is 351 g/mol. The van der Waals surface area contributed by atoms with Crippen molar-refractivity contribution in [2.45, 2.75) is 44.2 Å². The largest absolute Gasteiger partial charge is 0.489 e. The first-order valence-electron chi connectivity index (χ1n) is 8.76. The highest BCUT2D eigenvalue weighted by Crippen LogP contribution is 2.39. The van der Waals surface area contributed by atoms with Gasteiger partial charge in [-0.2, -0.15) is 0 Å². The molecule has 2 aliphatic heterocycles. The molecular weight excluding hydrogens is 330 g/mol.